The van der Waals surface area contributed by atoms with Gasteiger partial charge in [-0.25, -0.2) is 0 Å². The predicted molar refractivity (Wildman–Crippen MR) is 72.0 cm³/mol. The van der Waals surface area contributed by atoms with E-state index in [4.69, 9.17) is 4.74 Å². The van der Waals surface area contributed by atoms with Gasteiger partial charge in [0.1, 0.15) is 0 Å². The molecule has 0 amide bonds. The van der Waals surface area contributed by atoms with E-state index in [2.05, 4.69) is 26.1 Å². The quantitative estimate of drug-likeness (QED) is 0.666. The highest BCUT2D eigenvalue weighted by Crippen LogP contribution is 2.16. The molecule has 0 aliphatic carbocycles. The fraction of sp³-hybridized carbons (Fsp3) is 0.929. The molecule has 3 nitrogen and oxygen atoms in total. The third-order valence-electron chi connectivity index (χ3n) is 3.05. The van der Waals surface area contributed by atoms with Gasteiger partial charge < -0.3 is 10.1 Å². The largest absolute Gasteiger partial charge is 0.469 e. The highest BCUT2D eigenvalue weighted by molar-refractivity contribution is 5.76. The molecule has 1 unspecified atom stereocenters. The summed E-state index contributed by atoms with van der Waals surface area (Å²) in [7, 11) is 1.44. The molecule has 1 atom stereocenters. The number of carbonyl (C=O) groups excluding carboxylic acids is 1. The Balaban J connectivity index is 3.83. The van der Waals surface area contributed by atoms with E-state index in [-0.39, 0.29) is 5.97 Å². The standard InChI is InChI=1S/C14H29NO2/c1-11(2)8-7-9-12(3)15-10-14(4,5)13(16)17-6/h11-12,15H,7-10H2,1-6H3. The van der Waals surface area contributed by atoms with Crippen LogP contribution in [0.15, 0.2) is 0 Å². The summed E-state index contributed by atoms with van der Waals surface area (Å²) >= 11 is 0. The minimum absolute atomic E-state index is 0.153. The van der Waals surface area contributed by atoms with Crippen LogP contribution in [0, 0.1) is 11.3 Å². The van der Waals surface area contributed by atoms with E-state index in [1.165, 1.54) is 20.0 Å². The van der Waals surface area contributed by atoms with Crippen LogP contribution in [-0.2, 0) is 9.53 Å². The van der Waals surface area contributed by atoms with E-state index in [1.807, 2.05) is 13.8 Å². The van der Waals surface area contributed by atoms with E-state index >= 15 is 0 Å². The number of carbonyl (C=O) groups is 1. The number of esters is 1. The van der Waals surface area contributed by atoms with Gasteiger partial charge in [0.15, 0.2) is 0 Å². The summed E-state index contributed by atoms with van der Waals surface area (Å²) < 4.78 is 4.78. The SMILES string of the molecule is COC(=O)C(C)(C)CNC(C)CCCC(C)C. The van der Waals surface area contributed by atoms with E-state index in [9.17, 15) is 4.79 Å². The zero-order valence-corrected chi connectivity index (χ0v) is 12.3. The number of methoxy groups -OCH3 is 1. The lowest BCUT2D eigenvalue weighted by atomic mass is 9.93. The Hall–Kier alpha value is -0.570. The van der Waals surface area contributed by atoms with Crippen molar-refractivity contribution in [3.05, 3.63) is 0 Å². The predicted octanol–water partition coefficient (Wildman–Crippen LogP) is 2.99. The summed E-state index contributed by atoms with van der Waals surface area (Å²) in [5.74, 6) is 0.619. The summed E-state index contributed by atoms with van der Waals surface area (Å²) in [5, 5.41) is 3.41. The van der Waals surface area contributed by atoms with Crippen molar-refractivity contribution in [2.24, 2.45) is 11.3 Å². The summed E-state index contributed by atoms with van der Waals surface area (Å²) in [6, 6.07) is 0.456. The molecule has 0 bridgehead atoms. The molecule has 0 aromatic rings. The molecule has 0 spiro atoms. The summed E-state index contributed by atoms with van der Waals surface area (Å²) in [5.41, 5.74) is -0.443. The lowest BCUT2D eigenvalue weighted by molar-refractivity contribution is -0.150. The lowest BCUT2D eigenvalue weighted by Crippen LogP contribution is -2.40. The first kappa shape index (κ1) is 16.4. The number of nitrogens with one attached hydrogen (secondary N) is 1. The second kappa shape index (κ2) is 7.70. The Bertz CT molecular complexity index is 224. The van der Waals surface area contributed by atoms with Gasteiger partial charge in [-0.15, -0.1) is 0 Å². The van der Waals surface area contributed by atoms with Crippen LogP contribution < -0.4 is 5.32 Å². The molecule has 0 saturated heterocycles. The average Bonchev–Trinajstić information content (AvgIpc) is 2.24. The van der Waals surface area contributed by atoms with Gasteiger partial charge in [0, 0.05) is 12.6 Å². The first-order valence-electron chi connectivity index (χ1n) is 6.61. The fourth-order valence-corrected chi connectivity index (χ4v) is 1.71. The Labute approximate surface area is 106 Å². The molecular formula is C14H29NO2. The zero-order chi connectivity index (χ0) is 13.5. The zero-order valence-electron chi connectivity index (χ0n) is 12.3. The summed E-state index contributed by atoms with van der Waals surface area (Å²) in [6.45, 7) is 11.2. The molecule has 0 aromatic carbocycles. The molecule has 0 aliphatic heterocycles. The highest BCUT2D eigenvalue weighted by Gasteiger charge is 2.28. The Morgan fingerprint density at radius 1 is 1.24 bits per heavy atom. The summed E-state index contributed by atoms with van der Waals surface area (Å²) in [4.78, 5) is 11.5. The van der Waals surface area contributed by atoms with E-state index in [0.717, 1.165) is 12.3 Å². The third kappa shape index (κ3) is 7.37. The van der Waals surface area contributed by atoms with Crippen LogP contribution in [0.1, 0.15) is 53.9 Å². The molecule has 1 N–H and O–H groups in total. The summed E-state index contributed by atoms with van der Waals surface area (Å²) in [6.07, 6.45) is 3.67. The Morgan fingerprint density at radius 2 is 1.82 bits per heavy atom. The number of ether oxygens (including phenoxy) is 1. The third-order valence-corrected chi connectivity index (χ3v) is 3.05. The Morgan fingerprint density at radius 3 is 2.29 bits per heavy atom. The maximum atomic E-state index is 11.5. The number of rotatable bonds is 8. The van der Waals surface area contributed by atoms with E-state index < -0.39 is 5.41 Å². The minimum atomic E-state index is -0.443. The van der Waals surface area contributed by atoms with E-state index in [1.54, 1.807) is 0 Å². The first-order valence-corrected chi connectivity index (χ1v) is 6.61. The highest BCUT2D eigenvalue weighted by atomic mass is 16.5. The van der Waals surface area contributed by atoms with Crippen molar-refractivity contribution >= 4 is 5.97 Å². The average molecular weight is 243 g/mol. The fourth-order valence-electron chi connectivity index (χ4n) is 1.71. The molecule has 0 aliphatic rings. The molecule has 17 heavy (non-hydrogen) atoms. The van der Waals surface area contributed by atoms with Crippen molar-refractivity contribution in [3.63, 3.8) is 0 Å². The molecule has 3 heteroatoms. The monoisotopic (exact) mass is 243 g/mol. The topological polar surface area (TPSA) is 38.3 Å². The normalized spacial score (nSPS) is 13.8. The van der Waals surface area contributed by atoms with Crippen LogP contribution in [0.5, 0.6) is 0 Å². The minimum Gasteiger partial charge on any atom is -0.469 e. The molecule has 0 radical (unpaired) electrons. The first-order chi connectivity index (χ1) is 7.79. The van der Waals surface area contributed by atoms with Gasteiger partial charge in [0.05, 0.1) is 12.5 Å². The smallest absolute Gasteiger partial charge is 0.312 e. The van der Waals surface area contributed by atoms with Gasteiger partial charge in [-0.2, -0.15) is 0 Å². The van der Waals surface area contributed by atoms with Gasteiger partial charge >= 0.3 is 5.97 Å². The van der Waals surface area contributed by atoms with Crippen LogP contribution in [0.3, 0.4) is 0 Å². The molecule has 0 fully saturated rings. The van der Waals surface area contributed by atoms with Gasteiger partial charge in [-0.1, -0.05) is 26.7 Å². The molecule has 0 heterocycles. The van der Waals surface area contributed by atoms with Crippen molar-refractivity contribution in [3.8, 4) is 0 Å². The Kier molecular flexibility index (Phi) is 7.44. The van der Waals surface area contributed by atoms with E-state index in [0.29, 0.717) is 12.6 Å². The lowest BCUT2D eigenvalue weighted by Gasteiger charge is -2.24. The van der Waals surface area contributed by atoms with Crippen LogP contribution >= 0.6 is 0 Å². The molecule has 0 saturated carbocycles. The van der Waals surface area contributed by atoms with Crippen molar-refractivity contribution in [2.45, 2.75) is 59.9 Å². The van der Waals surface area contributed by atoms with Crippen molar-refractivity contribution in [1.29, 1.82) is 0 Å². The van der Waals surface area contributed by atoms with Crippen LogP contribution in [0.4, 0.5) is 0 Å². The molecular weight excluding hydrogens is 214 g/mol. The molecule has 0 rings (SSSR count). The number of hydrogen-bond acceptors (Lipinski definition) is 3. The van der Waals surface area contributed by atoms with Gasteiger partial charge in [-0.05, 0) is 33.1 Å². The van der Waals surface area contributed by atoms with Crippen LogP contribution in [0.25, 0.3) is 0 Å². The number of hydrogen-bond donors (Lipinski definition) is 1. The van der Waals surface area contributed by atoms with Crippen LogP contribution in [0.2, 0.25) is 0 Å². The maximum Gasteiger partial charge on any atom is 0.312 e. The molecule has 102 valence electrons. The maximum absolute atomic E-state index is 11.5. The van der Waals surface area contributed by atoms with Crippen molar-refractivity contribution < 1.29 is 9.53 Å². The molecule has 0 aromatic heterocycles. The van der Waals surface area contributed by atoms with Gasteiger partial charge in [0.25, 0.3) is 0 Å². The second-order valence-electron chi connectivity index (χ2n) is 5.98. The van der Waals surface area contributed by atoms with Crippen molar-refractivity contribution in [1.82, 2.24) is 5.32 Å². The van der Waals surface area contributed by atoms with Gasteiger partial charge in [-0.3, -0.25) is 4.79 Å². The van der Waals surface area contributed by atoms with Crippen LogP contribution in [-0.4, -0.2) is 25.7 Å². The van der Waals surface area contributed by atoms with Gasteiger partial charge in [0.2, 0.25) is 0 Å². The van der Waals surface area contributed by atoms with Crippen molar-refractivity contribution in [2.75, 3.05) is 13.7 Å². The second-order valence-corrected chi connectivity index (χ2v) is 5.98.